The fourth-order valence-corrected chi connectivity index (χ4v) is 4.57. The van der Waals surface area contributed by atoms with Crippen molar-refractivity contribution in [2.45, 2.75) is 10.8 Å². The van der Waals surface area contributed by atoms with Gasteiger partial charge in [0.05, 0.1) is 7.11 Å². The van der Waals surface area contributed by atoms with Gasteiger partial charge in [-0.3, -0.25) is 0 Å². The van der Waals surface area contributed by atoms with Crippen molar-refractivity contribution in [3.8, 4) is 17.0 Å². The van der Waals surface area contributed by atoms with Crippen molar-refractivity contribution in [1.29, 1.82) is 0 Å². The molecule has 0 amide bonds. The molecule has 0 bridgehead atoms. The minimum absolute atomic E-state index is 0.296. The van der Waals surface area contributed by atoms with Crippen LogP contribution in [0.25, 0.3) is 33.0 Å². The fourth-order valence-electron chi connectivity index (χ4n) is 3.61. The van der Waals surface area contributed by atoms with Crippen LogP contribution in [-0.2, 0) is 5.75 Å². The fraction of sp³-hybridized carbons (Fsp3) is 0.0800. The molecule has 0 aliphatic heterocycles. The minimum atomic E-state index is -0.413. The summed E-state index contributed by atoms with van der Waals surface area (Å²) in [7, 11) is 1.57. The summed E-state index contributed by atoms with van der Waals surface area (Å²) in [6, 6.07) is 21.0. The number of hydrogen-bond donors (Lipinski definition) is 0. The van der Waals surface area contributed by atoms with Crippen LogP contribution in [0.1, 0.15) is 5.56 Å². The smallest absolute Gasteiger partial charge is 0.336 e. The lowest BCUT2D eigenvalue weighted by Crippen LogP contribution is -2.00. The Bertz CT molecular complexity index is 1500. The van der Waals surface area contributed by atoms with E-state index in [9.17, 15) is 9.18 Å². The molecule has 3 aromatic carbocycles. The molecule has 0 aliphatic rings. The highest BCUT2D eigenvalue weighted by molar-refractivity contribution is 7.98. The van der Waals surface area contributed by atoms with E-state index in [0.717, 1.165) is 32.3 Å². The van der Waals surface area contributed by atoms with Crippen molar-refractivity contribution in [3.05, 3.63) is 94.6 Å². The molecule has 0 atom stereocenters. The molecule has 0 aliphatic carbocycles. The molecule has 0 fully saturated rings. The van der Waals surface area contributed by atoms with E-state index in [1.807, 2.05) is 36.4 Å². The van der Waals surface area contributed by atoms with Gasteiger partial charge in [-0.05, 0) is 42.0 Å². The van der Waals surface area contributed by atoms with Crippen LogP contribution in [0.5, 0.6) is 5.75 Å². The van der Waals surface area contributed by atoms with Crippen molar-refractivity contribution in [3.63, 3.8) is 0 Å². The van der Waals surface area contributed by atoms with Crippen LogP contribution in [0.2, 0.25) is 0 Å². The second-order valence-corrected chi connectivity index (χ2v) is 8.11. The molecule has 5 rings (SSSR count). The Balaban J connectivity index is 1.53. The van der Waals surface area contributed by atoms with Crippen molar-refractivity contribution >= 4 is 33.5 Å². The first-order chi connectivity index (χ1) is 15.6. The monoisotopic (exact) mass is 444 g/mol. The number of hydrogen-bond acceptors (Lipinski definition) is 6. The molecule has 0 saturated carbocycles. The van der Waals surface area contributed by atoms with Crippen molar-refractivity contribution < 1.29 is 13.5 Å². The largest absolute Gasteiger partial charge is 0.497 e. The highest BCUT2D eigenvalue weighted by atomic mass is 32.2. The van der Waals surface area contributed by atoms with Gasteiger partial charge < -0.3 is 9.15 Å². The molecule has 32 heavy (non-hydrogen) atoms. The zero-order valence-corrected chi connectivity index (χ0v) is 17.9. The van der Waals surface area contributed by atoms with E-state index in [4.69, 9.17) is 9.15 Å². The van der Waals surface area contributed by atoms with E-state index < -0.39 is 5.63 Å². The third kappa shape index (κ3) is 3.83. The maximum atomic E-state index is 13.3. The van der Waals surface area contributed by atoms with Gasteiger partial charge in [0.15, 0.2) is 0 Å². The SMILES string of the molecule is COc1ccc2c(CSc3nnc(-c4ccc(F)cc4)c4ccccc34)cc(=O)oc2c1. The molecule has 158 valence electrons. The lowest BCUT2D eigenvalue weighted by atomic mass is 10.1. The number of benzene rings is 3. The molecule has 5 nitrogen and oxygen atoms in total. The van der Waals surface area contributed by atoms with Crippen molar-refractivity contribution in [2.75, 3.05) is 7.11 Å². The van der Waals surface area contributed by atoms with Crippen LogP contribution in [0.3, 0.4) is 0 Å². The standard InChI is InChI=1S/C25H17FN2O3S/c1-30-18-10-11-19-16(12-23(29)31-22(19)13-18)14-32-25-21-5-3-2-4-20(21)24(27-28-25)15-6-8-17(26)9-7-15/h2-13H,14H2,1H3. The minimum Gasteiger partial charge on any atom is -0.497 e. The Morgan fingerprint density at radius 3 is 2.50 bits per heavy atom. The highest BCUT2D eigenvalue weighted by Crippen LogP contribution is 2.34. The first-order valence-corrected chi connectivity index (χ1v) is 10.9. The van der Waals surface area contributed by atoms with Gasteiger partial charge in [0.2, 0.25) is 0 Å². The summed E-state index contributed by atoms with van der Waals surface area (Å²) >= 11 is 1.50. The molecule has 0 spiro atoms. The number of fused-ring (bicyclic) bond motifs is 2. The number of rotatable bonds is 5. The Hall–Kier alpha value is -3.71. The molecular weight excluding hydrogens is 427 g/mol. The van der Waals surface area contributed by atoms with Crippen LogP contribution in [-0.4, -0.2) is 17.3 Å². The summed E-state index contributed by atoms with van der Waals surface area (Å²) < 4.78 is 23.9. The molecule has 0 unspecified atom stereocenters. The number of ether oxygens (including phenoxy) is 1. The Labute approximate surface area is 186 Å². The molecule has 0 radical (unpaired) electrons. The van der Waals surface area contributed by atoms with Gasteiger partial charge in [-0.25, -0.2) is 9.18 Å². The van der Waals surface area contributed by atoms with Gasteiger partial charge in [-0.15, -0.1) is 10.2 Å². The summed E-state index contributed by atoms with van der Waals surface area (Å²) in [6.45, 7) is 0. The van der Waals surface area contributed by atoms with E-state index in [-0.39, 0.29) is 5.82 Å². The van der Waals surface area contributed by atoms with Crippen LogP contribution in [0.15, 0.2) is 87.0 Å². The van der Waals surface area contributed by atoms with E-state index in [2.05, 4.69) is 10.2 Å². The van der Waals surface area contributed by atoms with Gasteiger partial charge in [0.1, 0.15) is 27.9 Å². The Morgan fingerprint density at radius 2 is 1.72 bits per heavy atom. The number of methoxy groups -OCH3 is 1. The van der Waals surface area contributed by atoms with Crippen LogP contribution in [0.4, 0.5) is 4.39 Å². The lowest BCUT2D eigenvalue weighted by molar-refractivity contribution is 0.414. The summed E-state index contributed by atoms with van der Waals surface area (Å²) in [6.07, 6.45) is 0. The Morgan fingerprint density at radius 1 is 0.938 bits per heavy atom. The second kappa shape index (κ2) is 8.43. The van der Waals surface area contributed by atoms with E-state index >= 15 is 0 Å². The lowest BCUT2D eigenvalue weighted by Gasteiger charge is -2.10. The molecule has 7 heteroatoms. The third-order valence-electron chi connectivity index (χ3n) is 5.17. The highest BCUT2D eigenvalue weighted by Gasteiger charge is 2.13. The average molecular weight is 444 g/mol. The maximum Gasteiger partial charge on any atom is 0.336 e. The quantitative estimate of drug-likeness (QED) is 0.251. The van der Waals surface area contributed by atoms with E-state index in [0.29, 0.717) is 22.8 Å². The van der Waals surface area contributed by atoms with Crippen LogP contribution < -0.4 is 10.4 Å². The zero-order valence-electron chi connectivity index (χ0n) is 17.0. The van der Waals surface area contributed by atoms with E-state index in [1.54, 1.807) is 25.3 Å². The molecule has 0 saturated heterocycles. The maximum absolute atomic E-state index is 13.3. The third-order valence-corrected chi connectivity index (χ3v) is 6.20. The van der Waals surface area contributed by atoms with Gasteiger partial charge in [-0.2, -0.15) is 0 Å². The van der Waals surface area contributed by atoms with Gasteiger partial charge in [-0.1, -0.05) is 36.0 Å². The number of thioether (sulfide) groups is 1. The number of nitrogens with zero attached hydrogens (tertiary/aromatic N) is 2. The van der Waals surface area contributed by atoms with Gasteiger partial charge >= 0.3 is 5.63 Å². The van der Waals surface area contributed by atoms with Crippen LogP contribution in [0, 0.1) is 5.82 Å². The normalized spacial score (nSPS) is 11.2. The molecule has 2 aromatic heterocycles. The van der Waals surface area contributed by atoms with Crippen molar-refractivity contribution in [2.24, 2.45) is 0 Å². The predicted molar refractivity (Wildman–Crippen MR) is 124 cm³/mol. The second-order valence-electron chi connectivity index (χ2n) is 7.15. The van der Waals surface area contributed by atoms with Gasteiger partial charge in [0, 0.05) is 39.6 Å². The topological polar surface area (TPSA) is 65.2 Å². The summed E-state index contributed by atoms with van der Waals surface area (Å²) in [5, 5.41) is 12.4. The number of aromatic nitrogens is 2. The Kier molecular flexibility index (Phi) is 5.33. The summed E-state index contributed by atoms with van der Waals surface area (Å²) in [5.74, 6) is 0.845. The summed E-state index contributed by atoms with van der Waals surface area (Å²) in [4.78, 5) is 12.1. The average Bonchev–Trinajstić information content (AvgIpc) is 2.82. The first-order valence-electron chi connectivity index (χ1n) is 9.87. The molecular formula is C25H17FN2O3S. The summed E-state index contributed by atoms with van der Waals surface area (Å²) in [5.41, 5.74) is 2.41. The molecule has 0 N–H and O–H groups in total. The van der Waals surface area contributed by atoms with Gasteiger partial charge in [0.25, 0.3) is 0 Å². The van der Waals surface area contributed by atoms with E-state index in [1.165, 1.54) is 30.0 Å². The first kappa shape index (κ1) is 20.2. The van der Waals surface area contributed by atoms with Crippen LogP contribution >= 0.6 is 11.8 Å². The molecule has 2 heterocycles. The number of halogens is 1. The zero-order chi connectivity index (χ0) is 22.1. The van der Waals surface area contributed by atoms with Crippen molar-refractivity contribution in [1.82, 2.24) is 10.2 Å². The predicted octanol–water partition coefficient (Wildman–Crippen LogP) is 5.84. The molecule has 5 aromatic rings.